The number of nitrogens with one attached hydrogen (secondary N) is 1. The van der Waals surface area contributed by atoms with Crippen LogP contribution in [0.5, 0.6) is 0 Å². The van der Waals surface area contributed by atoms with Crippen molar-refractivity contribution < 1.29 is 4.39 Å². The maximum atomic E-state index is 13.5. The number of hydrogen-bond acceptors (Lipinski definition) is 2. The minimum Gasteiger partial charge on any atom is -0.306 e. The van der Waals surface area contributed by atoms with E-state index in [1.165, 1.54) is 12.1 Å². The van der Waals surface area contributed by atoms with E-state index in [1.807, 2.05) is 11.4 Å². The second-order valence-corrected chi connectivity index (χ2v) is 6.39. The first-order valence-electron chi connectivity index (χ1n) is 6.04. The summed E-state index contributed by atoms with van der Waals surface area (Å²) in [6.07, 6.45) is 1.01. The Balaban J connectivity index is 2.42. The van der Waals surface area contributed by atoms with Crippen molar-refractivity contribution in [3.63, 3.8) is 0 Å². The van der Waals surface area contributed by atoms with Crippen LogP contribution in [0, 0.1) is 5.82 Å². The van der Waals surface area contributed by atoms with Crippen molar-refractivity contribution in [3.05, 3.63) is 55.4 Å². The van der Waals surface area contributed by atoms with Crippen LogP contribution in [0.2, 0.25) is 5.02 Å². The lowest BCUT2D eigenvalue weighted by Crippen LogP contribution is -2.23. The van der Waals surface area contributed by atoms with Gasteiger partial charge in [0.15, 0.2) is 0 Å². The molecule has 2 rings (SSSR count). The number of hydrogen-bond donors (Lipinski definition) is 1. The van der Waals surface area contributed by atoms with Crippen LogP contribution >= 0.6 is 38.9 Å². The molecule has 1 nitrogen and oxygen atoms in total. The third-order valence-corrected chi connectivity index (χ3v) is 5.05. The molecule has 0 saturated carbocycles. The molecule has 0 aliphatic heterocycles. The summed E-state index contributed by atoms with van der Waals surface area (Å²) in [7, 11) is 0. The Morgan fingerprint density at radius 1 is 1.42 bits per heavy atom. The van der Waals surface area contributed by atoms with Gasteiger partial charge in [0.05, 0.1) is 6.04 Å². The molecule has 2 aromatic rings. The second kappa shape index (κ2) is 6.84. The summed E-state index contributed by atoms with van der Waals surface area (Å²) < 4.78 is 14.5. The van der Waals surface area contributed by atoms with E-state index < -0.39 is 0 Å². The van der Waals surface area contributed by atoms with Crippen molar-refractivity contribution in [2.75, 3.05) is 6.54 Å². The molecule has 1 aromatic heterocycles. The summed E-state index contributed by atoms with van der Waals surface area (Å²) >= 11 is 11.4. The van der Waals surface area contributed by atoms with E-state index >= 15 is 0 Å². The van der Waals surface area contributed by atoms with Gasteiger partial charge in [-0.15, -0.1) is 11.3 Å². The first-order valence-corrected chi connectivity index (χ1v) is 8.09. The van der Waals surface area contributed by atoms with Crippen LogP contribution in [0.25, 0.3) is 0 Å². The molecule has 0 spiro atoms. The van der Waals surface area contributed by atoms with Crippen LogP contribution < -0.4 is 5.32 Å². The van der Waals surface area contributed by atoms with Crippen LogP contribution in [0.15, 0.2) is 34.1 Å². The molecule has 0 amide bonds. The molecule has 1 heterocycles. The third-order valence-electron chi connectivity index (χ3n) is 2.77. The summed E-state index contributed by atoms with van der Waals surface area (Å²) in [6, 6.07) is 6.40. The Labute approximate surface area is 129 Å². The van der Waals surface area contributed by atoms with Crippen molar-refractivity contribution in [2.45, 2.75) is 19.4 Å². The molecule has 1 unspecified atom stereocenters. The Morgan fingerprint density at radius 3 is 2.84 bits per heavy atom. The number of benzene rings is 1. The van der Waals surface area contributed by atoms with Crippen LogP contribution in [0.4, 0.5) is 4.39 Å². The first-order chi connectivity index (χ1) is 9.13. The van der Waals surface area contributed by atoms with Gasteiger partial charge in [0.2, 0.25) is 0 Å². The van der Waals surface area contributed by atoms with Crippen molar-refractivity contribution in [2.24, 2.45) is 0 Å². The van der Waals surface area contributed by atoms with Crippen molar-refractivity contribution >= 4 is 38.9 Å². The van der Waals surface area contributed by atoms with Gasteiger partial charge in [-0.3, -0.25) is 0 Å². The highest BCUT2D eigenvalue weighted by molar-refractivity contribution is 9.10. The summed E-state index contributed by atoms with van der Waals surface area (Å²) in [6.45, 7) is 2.95. The normalized spacial score (nSPS) is 12.6. The number of rotatable bonds is 5. The Morgan fingerprint density at radius 2 is 2.21 bits per heavy atom. The highest BCUT2D eigenvalue weighted by Gasteiger charge is 2.20. The summed E-state index contributed by atoms with van der Waals surface area (Å²) in [5, 5.41) is 6.01. The van der Waals surface area contributed by atoms with E-state index in [4.69, 9.17) is 11.6 Å². The van der Waals surface area contributed by atoms with Gasteiger partial charge in [-0.2, -0.15) is 0 Å². The van der Waals surface area contributed by atoms with E-state index in [0.717, 1.165) is 27.9 Å². The summed E-state index contributed by atoms with van der Waals surface area (Å²) in [4.78, 5) is 1.11. The van der Waals surface area contributed by atoms with E-state index in [0.29, 0.717) is 5.02 Å². The highest BCUT2D eigenvalue weighted by Crippen LogP contribution is 2.36. The number of halogens is 3. The van der Waals surface area contributed by atoms with Crippen molar-refractivity contribution in [1.82, 2.24) is 5.32 Å². The van der Waals surface area contributed by atoms with Crippen LogP contribution in [0.1, 0.15) is 29.8 Å². The minimum absolute atomic E-state index is 0.0856. The molecular weight excluding hydrogens is 349 g/mol. The average molecular weight is 363 g/mol. The maximum absolute atomic E-state index is 13.5. The van der Waals surface area contributed by atoms with Gasteiger partial charge in [0.1, 0.15) is 5.82 Å². The predicted octanol–water partition coefficient (Wildman–Crippen LogP) is 5.39. The molecule has 0 radical (unpaired) electrons. The zero-order chi connectivity index (χ0) is 13.8. The van der Waals surface area contributed by atoms with Gasteiger partial charge in [0.25, 0.3) is 0 Å². The minimum atomic E-state index is -0.268. The Hall–Kier alpha value is -0.420. The smallest absolute Gasteiger partial charge is 0.123 e. The average Bonchev–Trinajstić information content (AvgIpc) is 2.80. The van der Waals surface area contributed by atoms with Gasteiger partial charge < -0.3 is 5.32 Å². The maximum Gasteiger partial charge on any atom is 0.123 e. The highest BCUT2D eigenvalue weighted by atomic mass is 79.9. The topological polar surface area (TPSA) is 12.0 Å². The second-order valence-electron chi connectivity index (χ2n) is 4.19. The first kappa shape index (κ1) is 15.0. The monoisotopic (exact) mass is 361 g/mol. The van der Waals surface area contributed by atoms with E-state index in [2.05, 4.69) is 28.2 Å². The van der Waals surface area contributed by atoms with Crippen LogP contribution in [-0.4, -0.2) is 6.54 Å². The fourth-order valence-electron chi connectivity index (χ4n) is 1.88. The van der Waals surface area contributed by atoms with E-state index in [1.54, 1.807) is 17.4 Å². The SMILES string of the molecule is CCCNC(c1cc(F)ccc1Cl)c1sccc1Br. The van der Waals surface area contributed by atoms with E-state index in [9.17, 15) is 4.39 Å². The molecule has 0 aliphatic rings. The largest absolute Gasteiger partial charge is 0.306 e. The molecule has 5 heteroatoms. The Kier molecular flexibility index (Phi) is 5.39. The molecular formula is C14H14BrClFNS. The van der Waals surface area contributed by atoms with Crippen molar-refractivity contribution in [3.8, 4) is 0 Å². The third kappa shape index (κ3) is 3.57. The zero-order valence-electron chi connectivity index (χ0n) is 10.4. The van der Waals surface area contributed by atoms with Gasteiger partial charge in [-0.05, 0) is 64.1 Å². The lowest BCUT2D eigenvalue weighted by atomic mass is 10.0. The molecule has 0 saturated heterocycles. The molecule has 1 atom stereocenters. The lowest BCUT2D eigenvalue weighted by Gasteiger charge is -2.19. The van der Waals surface area contributed by atoms with Gasteiger partial charge in [-0.1, -0.05) is 18.5 Å². The fraction of sp³-hybridized carbons (Fsp3) is 0.286. The summed E-state index contributed by atoms with van der Waals surface area (Å²) in [5.41, 5.74) is 0.776. The van der Waals surface area contributed by atoms with Gasteiger partial charge >= 0.3 is 0 Å². The Bertz CT molecular complexity index is 558. The molecule has 0 bridgehead atoms. The van der Waals surface area contributed by atoms with Gasteiger partial charge in [0, 0.05) is 14.4 Å². The van der Waals surface area contributed by atoms with Crippen LogP contribution in [0.3, 0.4) is 0 Å². The standard InChI is InChI=1S/C14H14BrClFNS/c1-2-6-18-13(14-11(15)5-7-19-14)10-8-9(17)3-4-12(10)16/h3-5,7-8,13,18H,2,6H2,1H3. The predicted molar refractivity (Wildman–Crippen MR) is 83.6 cm³/mol. The molecule has 1 N–H and O–H groups in total. The fourth-order valence-corrected chi connectivity index (χ4v) is 3.80. The van der Waals surface area contributed by atoms with Gasteiger partial charge in [-0.25, -0.2) is 4.39 Å². The molecule has 19 heavy (non-hydrogen) atoms. The summed E-state index contributed by atoms with van der Waals surface area (Å²) in [5.74, 6) is -0.268. The lowest BCUT2D eigenvalue weighted by molar-refractivity contribution is 0.590. The molecule has 0 aliphatic carbocycles. The molecule has 102 valence electrons. The number of thiophene rings is 1. The molecule has 0 fully saturated rings. The van der Waals surface area contributed by atoms with E-state index in [-0.39, 0.29) is 11.9 Å². The van der Waals surface area contributed by atoms with Crippen molar-refractivity contribution in [1.29, 1.82) is 0 Å². The van der Waals surface area contributed by atoms with Crippen LogP contribution in [-0.2, 0) is 0 Å². The quantitative estimate of drug-likeness (QED) is 0.751. The molecule has 1 aromatic carbocycles. The zero-order valence-corrected chi connectivity index (χ0v) is 13.6.